The van der Waals surface area contributed by atoms with Gasteiger partial charge < -0.3 is 5.73 Å². The number of hydrogen-bond donors (Lipinski definition) is 2. The summed E-state index contributed by atoms with van der Waals surface area (Å²) in [6.45, 7) is 7.91. The molecule has 0 aromatic heterocycles. The van der Waals surface area contributed by atoms with Crippen LogP contribution < -0.4 is 10.5 Å². The quantitative estimate of drug-likeness (QED) is 0.809. The summed E-state index contributed by atoms with van der Waals surface area (Å²) in [6, 6.07) is 2.23. The second-order valence-corrected chi connectivity index (χ2v) is 8.85. The number of benzene rings is 1. The number of sulfonamides is 1. The van der Waals surface area contributed by atoms with Crippen LogP contribution in [-0.2, 0) is 10.0 Å². The molecule has 1 fully saturated rings. The molecule has 1 aromatic carbocycles. The number of rotatable bonds is 3. The van der Waals surface area contributed by atoms with E-state index in [9.17, 15) is 12.8 Å². The molecular weight excluding hydrogens is 347 g/mol. The number of anilines is 1. The summed E-state index contributed by atoms with van der Waals surface area (Å²) in [5.41, 5.74) is 5.43. The minimum atomic E-state index is -3.95. The molecule has 0 bridgehead atoms. The smallest absolute Gasteiger partial charge is 0.243 e. The van der Waals surface area contributed by atoms with Crippen molar-refractivity contribution < 1.29 is 12.8 Å². The molecule has 0 saturated heterocycles. The third-order valence-corrected chi connectivity index (χ3v) is 6.60. The van der Waals surface area contributed by atoms with Crippen molar-refractivity contribution in [2.75, 3.05) is 5.73 Å². The van der Waals surface area contributed by atoms with Gasteiger partial charge >= 0.3 is 0 Å². The Hall–Kier alpha value is -0.660. The minimum Gasteiger partial charge on any atom is -0.399 e. The van der Waals surface area contributed by atoms with Crippen LogP contribution in [0.2, 0.25) is 0 Å². The summed E-state index contributed by atoms with van der Waals surface area (Å²) in [6.07, 6.45) is 0. The Morgan fingerprint density at radius 2 is 1.75 bits per heavy atom. The van der Waals surface area contributed by atoms with Crippen molar-refractivity contribution in [1.29, 1.82) is 0 Å². The molecule has 0 spiro atoms. The monoisotopic (exact) mass is 364 g/mol. The van der Waals surface area contributed by atoms with Gasteiger partial charge in [-0.05, 0) is 38.9 Å². The Morgan fingerprint density at radius 3 is 2.20 bits per heavy atom. The van der Waals surface area contributed by atoms with Gasteiger partial charge in [-0.1, -0.05) is 27.7 Å². The molecule has 4 nitrogen and oxygen atoms in total. The normalized spacial score (nSPS) is 20.9. The van der Waals surface area contributed by atoms with E-state index in [4.69, 9.17) is 5.73 Å². The van der Waals surface area contributed by atoms with Crippen molar-refractivity contribution in [2.24, 2.45) is 10.8 Å². The topological polar surface area (TPSA) is 72.2 Å². The molecule has 112 valence electrons. The molecule has 20 heavy (non-hydrogen) atoms. The summed E-state index contributed by atoms with van der Waals surface area (Å²) >= 11 is 2.97. The Bertz CT molecular complexity index is 657. The molecule has 3 N–H and O–H groups in total. The number of nitrogen functional groups attached to an aromatic ring is 1. The summed E-state index contributed by atoms with van der Waals surface area (Å²) in [5, 5.41) is 0. The number of nitrogens with one attached hydrogen (secondary N) is 1. The number of halogens is 2. The van der Waals surface area contributed by atoms with Crippen molar-refractivity contribution in [3.63, 3.8) is 0 Å². The van der Waals surface area contributed by atoms with E-state index in [-0.39, 0.29) is 27.0 Å². The van der Waals surface area contributed by atoms with Gasteiger partial charge in [0.15, 0.2) is 5.82 Å². The van der Waals surface area contributed by atoms with E-state index in [0.717, 1.165) is 6.07 Å². The molecule has 0 aliphatic heterocycles. The van der Waals surface area contributed by atoms with Crippen LogP contribution in [0.25, 0.3) is 0 Å². The summed E-state index contributed by atoms with van der Waals surface area (Å²) < 4.78 is 41.3. The van der Waals surface area contributed by atoms with Crippen LogP contribution in [0, 0.1) is 16.6 Å². The predicted octanol–water partition coefficient (Wildman–Crippen LogP) is 2.88. The molecule has 0 amide bonds. The first-order valence-corrected chi connectivity index (χ1v) is 8.46. The molecule has 0 unspecified atom stereocenters. The van der Waals surface area contributed by atoms with Gasteiger partial charge in [0.05, 0.1) is 4.47 Å². The fraction of sp³-hybridized carbons (Fsp3) is 0.538. The van der Waals surface area contributed by atoms with Gasteiger partial charge in [0.1, 0.15) is 4.90 Å². The van der Waals surface area contributed by atoms with Crippen molar-refractivity contribution in [3.8, 4) is 0 Å². The molecule has 0 radical (unpaired) electrons. The fourth-order valence-corrected chi connectivity index (χ4v) is 4.76. The third kappa shape index (κ3) is 2.25. The Labute approximate surface area is 127 Å². The van der Waals surface area contributed by atoms with E-state index >= 15 is 0 Å². The standard InChI is InChI=1S/C13H18BrFN2O2S/c1-12(2)11(13(12,3)4)17-20(18,19)9-6-7(16)5-8(14)10(9)15/h5-6,11,17H,16H2,1-4H3. The van der Waals surface area contributed by atoms with E-state index in [1.54, 1.807) is 0 Å². The lowest BCUT2D eigenvalue weighted by molar-refractivity contribution is 0.457. The van der Waals surface area contributed by atoms with Gasteiger partial charge in [-0.3, -0.25) is 0 Å². The van der Waals surface area contributed by atoms with Crippen LogP contribution in [0.5, 0.6) is 0 Å². The summed E-state index contributed by atoms with van der Waals surface area (Å²) in [4.78, 5) is -0.428. The highest BCUT2D eigenvalue weighted by Crippen LogP contribution is 2.63. The average Bonchev–Trinajstić information content (AvgIpc) is 2.65. The van der Waals surface area contributed by atoms with E-state index in [2.05, 4.69) is 20.7 Å². The maximum atomic E-state index is 14.0. The largest absolute Gasteiger partial charge is 0.399 e. The van der Waals surface area contributed by atoms with Crippen LogP contribution in [-0.4, -0.2) is 14.5 Å². The lowest BCUT2D eigenvalue weighted by Crippen LogP contribution is -2.30. The summed E-state index contributed by atoms with van der Waals surface area (Å²) in [7, 11) is -3.95. The second kappa shape index (κ2) is 4.42. The maximum absolute atomic E-state index is 14.0. The molecule has 0 atom stereocenters. The Morgan fingerprint density at radius 1 is 1.25 bits per heavy atom. The summed E-state index contributed by atoms with van der Waals surface area (Å²) in [5.74, 6) is -0.831. The average molecular weight is 365 g/mol. The van der Waals surface area contributed by atoms with E-state index in [0.29, 0.717) is 0 Å². The van der Waals surface area contributed by atoms with Gasteiger partial charge in [-0.25, -0.2) is 17.5 Å². The molecule has 2 rings (SSSR count). The van der Waals surface area contributed by atoms with Gasteiger partial charge in [0.25, 0.3) is 0 Å². The number of nitrogens with two attached hydrogens (primary N) is 1. The highest BCUT2D eigenvalue weighted by Gasteiger charge is 2.66. The Balaban J connectivity index is 2.39. The van der Waals surface area contributed by atoms with Gasteiger partial charge in [-0.15, -0.1) is 0 Å². The van der Waals surface area contributed by atoms with Crippen LogP contribution in [0.3, 0.4) is 0 Å². The molecule has 0 heterocycles. The van der Waals surface area contributed by atoms with Crippen LogP contribution in [0.15, 0.2) is 21.5 Å². The lowest BCUT2D eigenvalue weighted by atomic mass is 10.0. The fourth-order valence-electron chi connectivity index (χ4n) is 2.49. The van der Waals surface area contributed by atoms with E-state index < -0.39 is 20.7 Å². The van der Waals surface area contributed by atoms with Crippen molar-refractivity contribution >= 4 is 31.6 Å². The van der Waals surface area contributed by atoms with Gasteiger partial charge in [-0.2, -0.15) is 0 Å². The first kappa shape index (κ1) is 15.7. The van der Waals surface area contributed by atoms with Crippen LogP contribution in [0.4, 0.5) is 10.1 Å². The SMILES string of the molecule is CC1(C)C(NS(=O)(=O)c2cc(N)cc(Br)c2F)C1(C)C. The van der Waals surface area contributed by atoms with E-state index in [1.165, 1.54) is 6.07 Å². The molecule has 7 heteroatoms. The van der Waals surface area contributed by atoms with Crippen LogP contribution >= 0.6 is 15.9 Å². The van der Waals surface area contributed by atoms with Gasteiger partial charge in [0, 0.05) is 11.7 Å². The van der Waals surface area contributed by atoms with Crippen LogP contribution in [0.1, 0.15) is 27.7 Å². The van der Waals surface area contributed by atoms with E-state index in [1.807, 2.05) is 27.7 Å². The molecule has 1 aliphatic rings. The Kier molecular flexibility index (Phi) is 3.47. The first-order chi connectivity index (χ1) is 8.91. The highest BCUT2D eigenvalue weighted by atomic mass is 79.9. The minimum absolute atomic E-state index is 0.0344. The molecule has 1 aliphatic carbocycles. The van der Waals surface area contributed by atoms with Crippen molar-refractivity contribution in [3.05, 3.63) is 22.4 Å². The zero-order chi connectivity index (χ0) is 15.5. The third-order valence-electron chi connectivity index (χ3n) is 4.60. The first-order valence-electron chi connectivity index (χ1n) is 6.18. The molecule has 1 aromatic rings. The number of hydrogen-bond acceptors (Lipinski definition) is 3. The van der Waals surface area contributed by atoms with Gasteiger partial charge in [0.2, 0.25) is 10.0 Å². The van der Waals surface area contributed by atoms with Crippen molar-refractivity contribution in [2.45, 2.75) is 38.6 Å². The predicted molar refractivity (Wildman–Crippen MR) is 80.2 cm³/mol. The second-order valence-electron chi connectivity index (χ2n) is 6.31. The highest BCUT2D eigenvalue weighted by molar-refractivity contribution is 9.10. The lowest BCUT2D eigenvalue weighted by Gasteiger charge is -2.11. The zero-order valence-corrected chi connectivity index (χ0v) is 14.2. The maximum Gasteiger partial charge on any atom is 0.243 e. The zero-order valence-electron chi connectivity index (χ0n) is 11.8. The molecular formula is C13H18BrFN2O2S. The van der Waals surface area contributed by atoms with Crippen molar-refractivity contribution in [1.82, 2.24) is 4.72 Å². The molecule has 1 saturated carbocycles.